The number of aromatic nitrogens is 2. The van der Waals surface area contributed by atoms with Gasteiger partial charge in [0.05, 0.1) is 12.5 Å². The third-order valence-corrected chi connectivity index (χ3v) is 4.59. The van der Waals surface area contributed by atoms with E-state index in [9.17, 15) is 8.42 Å². The number of rotatable bonds is 4. The van der Waals surface area contributed by atoms with Crippen LogP contribution in [-0.4, -0.2) is 38.0 Å². The second-order valence-electron chi connectivity index (χ2n) is 4.80. The number of hydrogen-bond acceptors (Lipinski definition) is 4. The summed E-state index contributed by atoms with van der Waals surface area (Å²) in [5, 5.41) is 3.39. The summed E-state index contributed by atoms with van der Waals surface area (Å²) in [5.74, 6) is 0. The topological polar surface area (TPSA) is 86.9 Å². The maximum Gasteiger partial charge on any atom is 0.257 e. The molecular weight excluding hydrogens is 240 g/mol. The first-order chi connectivity index (χ1) is 8.02. The number of nitrogens with one attached hydrogen (secondary N) is 3. The minimum absolute atomic E-state index is 0.0400. The van der Waals surface area contributed by atoms with Gasteiger partial charge in [0.15, 0.2) is 5.03 Å². The van der Waals surface area contributed by atoms with Gasteiger partial charge in [-0.25, -0.2) is 18.1 Å². The molecule has 0 bridgehead atoms. The summed E-state index contributed by atoms with van der Waals surface area (Å²) >= 11 is 0. The fourth-order valence-electron chi connectivity index (χ4n) is 1.94. The number of aromatic amines is 1. The first-order valence-corrected chi connectivity index (χ1v) is 7.19. The molecular formula is C10H18N4O2S. The average Bonchev–Trinajstić information content (AvgIpc) is 2.82. The highest BCUT2D eigenvalue weighted by atomic mass is 32.2. The molecule has 0 aromatic carbocycles. The van der Waals surface area contributed by atoms with Crippen molar-refractivity contribution in [2.24, 2.45) is 5.41 Å². The Morgan fingerprint density at radius 2 is 2.18 bits per heavy atom. The highest BCUT2D eigenvalue weighted by Crippen LogP contribution is 2.27. The molecule has 0 radical (unpaired) electrons. The smallest absolute Gasteiger partial charge is 0.257 e. The molecule has 0 saturated carbocycles. The molecule has 0 aliphatic carbocycles. The van der Waals surface area contributed by atoms with Gasteiger partial charge in [-0.1, -0.05) is 6.92 Å². The molecule has 0 amide bonds. The molecule has 6 nitrogen and oxygen atoms in total. The molecule has 0 spiro atoms. The lowest BCUT2D eigenvalue weighted by molar-refractivity contribution is 0.232. The van der Waals surface area contributed by atoms with Crippen LogP contribution < -0.4 is 10.0 Å². The van der Waals surface area contributed by atoms with Crippen molar-refractivity contribution in [3.05, 3.63) is 12.5 Å². The van der Waals surface area contributed by atoms with E-state index in [2.05, 4.69) is 26.9 Å². The Kier molecular flexibility index (Phi) is 3.50. The molecule has 1 aromatic rings. The lowest BCUT2D eigenvalue weighted by Gasteiger charge is -2.33. The molecule has 2 heterocycles. The SMILES string of the molecule is CC1(CNS(=O)(=O)c2cnc[nH]2)CCNCC1. The monoisotopic (exact) mass is 258 g/mol. The molecule has 7 heteroatoms. The normalized spacial score (nSPS) is 20.3. The third-order valence-electron chi connectivity index (χ3n) is 3.26. The van der Waals surface area contributed by atoms with Gasteiger partial charge >= 0.3 is 0 Å². The van der Waals surface area contributed by atoms with Gasteiger partial charge in [0, 0.05) is 6.54 Å². The molecule has 0 atom stereocenters. The number of H-pyrrole nitrogens is 1. The van der Waals surface area contributed by atoms with Crippen LogP contribution in [0.3, 0.4) is 0 Å². The maximum atomic E-state index is 11.9. The predicted molar refractivity (Wildman–Crippen MR) is 64.0 cm³/mol. The summed E-state index contributed by atoms with van der Waals surface area (Å²) in [5.41, 5.74) is 0.0400. The van der Waals surface area contributed by atoms with Crippen LogP contribution >= 0.6 is 0 Å². The Morgan fingerprint density at radius 1 is 1.47 bits per heavy atom. The van der Waals surface area contributed by atoms with Crippen LogP contribution in [-0.2, 0) is 10.0 Å². The summed E-state index contributed by atoms with van der Waals surface area (Å²) in [6.45, 7) is 4.48. The Labute approximate surface area is 101 Å². The number of hydrogen-bond donors (Lipinski definition) is 3. The zero-order chi connectivity index (χ0) is 12.4. The molecule has 96 valence electrons. The molecule has 1 fully saturated rings. The number of sulfonamides is 1. The standard InChI is InChI=1S/C10H18N4O2S/c1-10(2-4-11-5-3-10)7-14-17(15,16)9-6-12-8-13-9/h6,8,11,14H,2-5,7H2,1H3,(H,12,13). The Hall–Kier alpha value is -0.920. The number of nitrogens with zero attached hydrogens (tertiary/aromatic N) is 1. The molecule has 0 unspecified atom stereocenters. The molecule has 1 saturated heterocycles. The molecule has 1 aromatic heterocycles. The van der Waals surface area contributed by atoms with Gasteiger partial charge in [0.1, 0.15) is 0 Å². The fourth-order valence-corrected chi connectivity index (χ4v) is 3.05. The van der Waals surface area contributed by atoms with E-state index in [1.54, 1.807) is 0 Å². The van der Waals surface area contributed by atoms with E-state index in [0.717, 1.165) is 25.9 Å². The van der Waals surface area contributed by atoms with Gasteiger partial charge in [0.25, 0.3) is 10.0 Å². The highest BCUT2D eigenvalue weighted by molar-refractivity contribution is 7.89. The van der Waals surface area contributed by atoms with Crippen molar-refractivity contribution in [1.82, 2.24) is 20.0 Å². The van der Waals surface area contributed by atoms with Crippen LogP contribution in [0, 0.1) is 5.41 Å². The number of imidazole rings is 1. The van der Waals surface area contributed by atoms with Crippen molar-refractivity contribution in [2.75, 3.05) is 19.6 Å². The van der Waals surface area contributed by atoms with E-state index >= 15 is 0 Å². The second-order valence-corrected chi connectivity index (χ2v) is 6.54. The van der Waals surface area contributed by atoms with Gasteiger partial charge in [-0.2, -0.15) is 0 Å². The Bertz CT molecular complexity index is 449. The van der Waals surface area contributed by atoms with Gasteiger partial charge in [-0.3, -0.25) is 0 Å². The van der Waals surface area contributed by atoms with Crippen LogP contribution in [0.1, 0.15) is 19.8 Å². The van der Waals surface area contributed by atoms with Gasteiger partial charge in [-0.15, -0.1) is 0 Å². The van der Waals surface area contributed by atoms with Gasteiger partial charge in [0.2, 0.25) is 0 Å². The van der Waals surface area contributed by atoms with Crippen molar-refractivity contribution >= 4 is 10.0 Å². The fraction of sp³-hybridized carbons (Fsp3) is 0.700. The van der Waals surface area contributed by atoms with E-state index in [1.165, 1.54) is 12.5 Å². The number of piperidine rings is 1. The first-order valence-electron chi connectivity index (χ1n) is 5.71. The second kappa shape index (κ2) is 4.75. The predicted octanol–water partition coefficient (Wildman–Crippen LogP) is 0.0777. The molecule has 2 rings (SSSR count). The quantitative estimate of drug-likeness (QED) is 0.713. The summed E-state index contributed by atoms with van der Waals surface area (Å²) in [4.78, 5) is 6.32. The minimum atomic E-state index is -3.44. The van der Waals surface area contributed by atoms with Crippen LogP contribution in [0.2, 0.25) is 0 Å². The lowest BCUT2D eigenvalue weighted by atomic mass is 9.81. The van der Waals surface area contributed by atoms with Crippen LogP contribution in [0.15, 0.2) is 17.6 Å². The van der Waals surface area contributed by atoms with Crippen LogP contribution in [0.5, 0.6) is 0 Å². The molecule has 1 aliphatic heterocycles. The summed E-state index contributed by atoms with van der Waals surface area (Å²) < 4.78 is 26.4. The zero-order valence-corrected chi connectivity index (χ0v) is 10.7. The average molecular weight is 258 g/mol. The molecule has 1 aliphatic rings. The van der Waals surface area contributed by atoms with E-state index in [0.29, 0.717) is 6.54 Å². The Balaban J connectivity index is 1.98. The van der Waals surface area contributed by atoms with E-state index in [1.807, 2.05) is 0 Å². The largest absolute Gasteiger partial charge is 0.335 e. The maximum absolute atomic E-state index is 11.9. The van der Waals surface area contributed by atoms with Crippen LogP contribution in [0.4, 0.5) is 0 Å². The minimum Gasteiger partial charge on any atom is -0.335 e. The summed E-state index contributed by atoms with van der Waals surface area (Å²) in [6.07, 6.45) is 4.64. The van der Waals surface area contributed by atoms with E-state index in [4.69, 9.17) is 0 Å². The summed E-state index contributed by atoms with van der Waals surface area (Å²) in [6, 6.07) is 0. The highest BCUT2D eigenvalue weighted by Gasteiger charge is 2.28. The Morgan fingerprint density at radius 3 is 2.76 bits per heavy atom. The van der Waals surface area contributed by atoms with Gasteiger partial charge < -0.3 is 10.3 Å². The van der Waals surface area contributed by atoms with E-state index < -0.39 is 10.0 Å². The van der Waals surface area contributed by atoms with Crippen molar-refractivity contribution in [3.63, 3.8) is 0 Å². The molecule has 3 N–H and O–H groups in total. The van der Waals surface area contributed by atoms with E-state index in [-0.39, 0.29) is 10.4 Å². The zero-order valence-electron chi connectivity index (χ0n) is 9.86. The van der Waals surface area contributed by atoms with Crippen molar-refractivity contribution in [1.29, 1.82) is 0 Å². The van der Waals surface area contributed by atoms with Crippen molar-refractivity contribution < 1.29 is 8.42 Å². The van der Waals surface area contributed by atoms with Gasteiger partial charge in [-0.05, 0) is 31.3 Å². The lowest BCUT2D eigenvalue weighted by Crippen LogP contribution is -2.42. The third kappa shape index (κ3) is 3.05. The van der Waals surface area contributed by atoms with Crippen LogP contribution in [0.25, 0.3) is 0 Å². The summed E-state index contributed by atoms with van der Waals surface area (Å²) in [7, 11) is -3.44. The van der Waals surface area contributed by atoms with Crippen molar-refractivity contribution in [3.8, 4) is 0 Å². The first kappa shape index (κ1) is 12.5. The molecule has 17 heavy (non-hydrogen) atoms. The van der Waals surface area contributed by atoms with Crippen molar-refractivity contribution in [2.45, 2.75) is 24.8 Å².